The second kappa shape index (κ2) is 8.13. The zero-order valence-electron chi connectivity index (χ0n) is 15.3. The molecule has 0 N–H and O–H groups in total. The van der Waals surface area contributed by atoms with Gasteiger partial charge in [-0.3, -0.25) is 9.55 Å². The van der Waals surface area contributed by atoms with Crippen LogP contribution in [0.1, 0.15) is 18.0 Å². The Balaban J connectivity index is 1.64. The molecule has 140 valence electrons. The number of rotatable bonds is 7. The lowest BCUT2D eigenvalue weighted by Gasteiger charge is -2.12. The van der Waals surface area contributed by atoms with Crippen molar-refractivity contribution in [2.24, 2.45) is 0 Å². The molecule has 9 heteroatoms. The summed E-state index contributed by atoms with van der Waals surface area (Å²) in [5.41, 5.74) is 1.87. The number of hydrogen-bond donors (Lipinski definition) is 0. The van der Waals surface area contributed by atoms with Crippen LogP contribution >= 0.6 is 11.8 Å². The second-order valence-electron chi connectivity index (χ2n) is 5.99. The Morgan fingerprint density at radius 2 is 1.86 bits per heavy atom. The summed E-state index contributed by atoms with van der Waals surface area (Å²) >= 11 is 1.55. The standard InChI is InChI=1S/C19H18N8S/c1-3-13-26-18(15-9-11-20-12-10-15)21-23-19(26)28-14(2)17-22-24-25-27(17)16-7-5-4-6-8-16/h3-12,14H,1,13H2,2H3. The van der Waals surface area contributed by atoms with Crippen molar-refractivity contribution in [2.45, 2.75) is 23.9 Å². The van der Waals surface area contributed by atoms with Crippen molar-refractivity contribution in [1.82, 2.24) is 40.0 Å². The number of aromatic nitrogens is 8. The molecular weight excluding hydrogens is 372 g/mol. The number of hydrogen-bond acceptors (Lipinski definition) is 7. The fourth-order valence-electron chi connectivity index (χ4n) is 2.80. The number of nitrogens with zero attached hydrogens (tertiary/aromatic N) is 8. The number of tetrazole rings is 1. The summed E-state index contributed by atoms with van der Waals surface area (Å²) in [6, 6.07) is 13.7. The van der Waals surface area contributed by atoms with Crippen LogP contribution in [0, 0.1) is 0 Å². The van der Waals surface area contributed by atoms with Crippen molar-refractivity contribution in [1.29, 1.82) is 0 Å². The van der Waals surface area contributed by atoms with Crippen LogP contribution < -0.4 is 0 Å². The van der Waals surface area contributed by atoms with Crippen molar-refractivity contribution in [2.75, 3.05) is 0 Å². The van der Waals surface area contributed by atoms with Crippen molar-refractivity contribution >= 4 is 11.8 Å². The maximum absolute atomic E-state index is 4.39. The Hall–Kier alpha value is -3.33. The van der Waals surface area contributed by atoms with E-state index in [1.807, 2.05) is 53.1 Å². The molecule has 0 saturated heterocycles. The fourth-order valence-corrected chi connectivity index (χ4v) is 3.74. The Bertz CT molecular complexity index is 1060. The molecule has 0 radical (unpaired) electrons. The minimum atomic E-state index is -0.0340. The first-order chi connectivity index (χ1) is 13.8. The molecule has 0 aliphatic carbocycles. The van der Waals surface area contributed by atoms with Crippen LogP contribution in [0.2, 0.25) is 0 Å². The van der Waals surface area contributed by atoms with Gasteiger partial charge in [0, 0.05) is 24.5 Å². The average Bonchev–Trinajstić information content (AvgIpc) is 3.38. The van der Waals surface area contributed by atoms with Crippen LogP contribution in [0.3, 0.4) is 0 Å². The molecule has 1 atom stereocenters. The van der Waals surface area contributed by atoms with Gasteiger partial charge in [0.1, 0.15) is 0 Å². The molecule has 0 spiro atoms. The predicted octanol–water partition coefficient (Wildman–Crippen LogP) is 3.36. The van der Waals surface area contributed by atoms with Gasteiger partial charge in [-0.15, -0.1) is 21.9 Å². The first-order valence-corrected chi connectivity index (χ1v) is 9.60. The van der Waals surface area contributed by atoms with Gasteiger partial charge in [0.25, 0.3) is 0 Å². The second-order valence-corrected chi connectivity index (χ2v) is 7.29. The molecule has 8 nitrogen and oxygen atoms in total. The van der Waals surface area contributed by atoms with Crippen LogP contribution in [-0.2, 0) is 6.54 Å². The molecule has 0 amide bonds. The zero-order chi connectivity index (χ0) is 19.3. The van der Waals surface area contributed by atoms with Crippen LogP contribution in [0.15, 0.2) is 72.7 Å². The Morgan fingerprint density at radius 1 is 1.07 bits per heavy atom. The van der Waals surface area contributed by atoms with Gasteiger partial charge in [-0.25, -0.2) is 0 Å². The van der Waals surface area contributed by atoms with E-state index in [1.54, 1.807) is 28.8 Å². The molecule has 1 aromatic carbocycles. The van der Waals surface area contributed by atoms with Gasteiger partial charge in [-0.05, 0) is 41.6 Å². The highest BCUT2D eigenvalue weighted by molar-refractivity contribution is 7.99. The molecule has 3 aromatic heterocycles. The number of allylic oxidation sites excluding steroid dienone is 1. The van der Waals surface area contributed by atoms with Gasteiger partial charge < -0.3 is 0 Å². The highest BCUT2D eigenvalue weighted by atomic mass is 32.2. The number of pyridine rings is 1. The fraction of sp³-hybridized carbons (Fsp3) is 0.158. The summed E-state index contributed by atoms with van der Waals surface area (Å²) < 4.78 is 3.77. The third kappa shape index (κ3) is 3.56. The minimum Gasteiger partial charge on any atom is -0.298 e. The largest absolute Gasteiger partial charge is 0.298 e. The summed E-state index contributed by atoms with van der Waals surface area (Å²) in [6.45, 7) is 6.51. The first kappa shape index (κ1) is 18.1. The smallest absolute Gasteiger partial charge is 0.192 e. The Morgan fingerprint density at radius 3 is 2.61 bits per heavy atom. The molecule has 4 aromatic rings. The molecule has 28 heavy (non-hydrogen) atoms. The molecule has 0 aliphatic rings. The zero-order valence-corrected chi connectivity index (χ0v) is 16.1. The third-order valence-corrected chi connectivity index (χ3v) is 5.18. The molecule has 3 heterocycles. The van der Waals surface area contributed by atoms with Gasteiger partial charge in [0.15, 0.2) is 16.8 Å². The van der Waals surface area contributed by atoms with Gasteiger partial charge in [-0.2, -0.15) is 4.68 Å². The lowest BCUT2D eigenvalue weighted by molar-refractivity contribution is 0.723. The van der Waals surface area contributed by atoms with Crippen molar-refractivity contribution < 1.29 is 0 Å². The van der Waals surface area contributed by atoms with E-state index in [9.17, 15) is 0 Å². The molecule has 0 saturated carbocycles. The molecule has 0 aliphatic heterocycles. The highest BCUT2D eigenvalue weighted by Gasteiger charge is 2.21. The summed E-state index contributed by atoms with van der Waals surface area (Å²) in [5.74, 6) is 1.52. The van der Waals surface area contributed by atoms with Gasteiger partial charge >= 0.3 is 0 Å². The minimum absolute atomic E-state index is 0.0340. The van der Waals surface area contributed by atoms with E-state index in [0.717, 1.165) is 28.1 Å². The molecular formula is C19H18N8S. The van der Waals surface area contributed by atoms with Gasteiger partial charge in [0.2, 0.25) is 0 Å². The quantitative estimate of drug-likeness (QED) is 0.353. The SMILES string of the molecule is C=CCn1c(SC(C)c2nnnn2-c2ccccc2)nnc1-c1ccncc1. The molecule has 0 fully saturated rings. The van der Waals surface area contributed by atoms with E-state index < -0.39 is 0 Å². The Labute approximate surface area is 166 Å². The summed E-state index contributed by atoms with van der Waals surface area (Å²) in [7, 11) is 0. The summed E-state index contributed by atoms with van der Waals surface area (Å²) in [5, 5.41) is 21.7. The third-order valence-electron chi connectivity index (χ3n) is 4.11. The first-order valence-electron chi connectivity index (χ1n) is 8.72. The van der Waals surface area contributed by atoms with Gasteiger partial charge in [-0.1, -0.05) is 36.0 Å². The number of thioether (sulfide) groups is 1. The lowest BCUT2D eigenvalue weighted by atomic mass is 10.2. The normalized spacial score (nSPS) is 12.0. The van der Waals surface area contributed by atoms with Crippen LogP contribution in [0.4, 0.5) is 0 Å². The van der Waals surface area contributed by atoms with Crippen molar-refractivity contribution in [3.05, 3.63) is 73.3 Å². The summed E-state index contributed by atoms with van der Waals surface area (Å²) in [4.78, 5) is 4.07. The van der Waals surface area contributed by atoms with E-state index in [4.69, 9.17) is 0 Å². The predicted molar refractivity (Wildman–Crippen MR) is 107 cm³/mol. The van der Waals surface area contributed by atoms with E-state index in [0.29, 0.717) is 6.54 Å². The van der Waals surface area contributed by atoms with Crippen molar-refractivity contribution in [3.8, 4) is 17.1 Å². The highest BCUT2D eigenvalue weighted by Crippen LogP contribution is 2.34. The van der Waals surface area contributed by atoms with Crippen LogP contribution in [0.5, 0.6) is 0 Å². The van der Waals surface area contributed by atoms with Crippen LogP contribution in [-0.4, -0.2) is 40.0 Å². The lowest BCUT2D eigenvalue weighted by Crippen LogP contribution is -2.06. The van der Waals surface area contributed by atoms with E-state index in [-0.39, 0.29) is 5.25 Å². The molecule has 0 bridgehead atoms. The van der Waals surface area contributed by atoms with Crippen LogP contribution in [0.25, 0.3) is 17.1 Å². The molecule has 1 unspecified atom stereocenters. The van der Waals surface area contributed by atoms with Crippen molar-refractivity contribution in [3.63, 3.8) is 0 Å². The summed E-state index contributed by atoms with van der Waals surface area (Å²) in [6.07, 6.45) is 5.31. The van der Waals surface area contributed by atoms with E-state index in [2.05, 4.69) is 44.2 Å². The van der Waals surface area contributed by atoms with Gasteiger partial charge in [0.05, 0.1) is 10.9 Å². The average molecular weight is 390 g/mol. The number of benzene rings is 1. The maximum Gasteiger partial charge on any atom is 0.192 e. The number of para-hydroxylation sites is 1. The van der Waals surface area contributed by atoms with E-state index >= 15 is 0 Å². The maximum atomic E-state index is 4.39. The molecule has 4 rings (SSSR count). The Kier molecular flexibility index (Phi) is 5.24. The topological polar surface area (TPSA) is 87.2 Å². The monoisotopic (exact) mass is 390 g/mol. The van der Waals surface area contributed by atoms with E-state index in [1.165, 1.54) is 0 Å².